The van der Waals surface area contributed by atoms with Gasteiger partial charge in [-0.15, -0.1) is 0 Å². The molecule has 0 atom stereocenters. The van der Waals surface area contributed by atoms with Crippen LogP contribution in [0.1, 0.15) is 27.9 Å². The van der Waals surface area contributed by atoms with Crippen LogP contribution >= 0.6 is 0 Å². The maximum absolute atomic E-state index is 8.97. The number of aromatic nitrogens is 1. The van der Waals surface area contributed by atoms with E-state index in [4.69, 9.17) is 10.00 Å². The van der Waals surface area contributed by atoms with Crippen LogP contribution in [0.4, 0.5) is 5.69 Å². The van der Waals surface area contributed by atoms with E-state index in [1.807, 2.05) is 45.2 Å². The highest BCUT2D eigenvalue weighted by Crippen LogP contribution is 2.25. The first kappa shape index (κ1) is 14.9. The number of hydrogen-bond donors (Lipinski definition) is 1. The highest BCUT2D eigenvalue weighted by atomic mass is 16.5. The molecule has 1 aromatic heterocycles. The average Bonchev–Trinajstić information content (AvgIpc) is 2.48. The highest BCUT2D eigenvalue weighted by molar-refractivity contribution is 5.55. The second kappa shape index (κ2) is 6.27. The molecule has 4 heteroatoms. The summed E-state index contributed by atoms with van der Waals surface area (Å²) >= 11 is 0. The number of anilines is 1. The van der Waals surface area contributed by atoms with Gasteiger partial charge in [0, 0.05) is 23.0 Å². The Bertz CT molecular complexity index is 702. The topological polar surface area (TPSA) is 57.9 Å². The highest BCUT2D eigenvalue weighted by Gasteiger charge is 2.09. The molecule has 0 unspecified atom stereocenters. The average molecular weight is 281 g/mol. The Balaban J connectivity index is 2.23. The van der Waals surface area contributed by atoms with E-state index >= 15 is 0 Å². The van der Waals surface area contributed by atoms with Crippen molar-refractivity contribution < 1.29 is 4.74 Å². The van der Waals surface area contributed by atoms with Gasteiger partial charge in [-0.3, -0.25) is 4.98 Å². The summed E-state index contributed by atoms with van der Waals surface area (Å²) in [5, 5.41) is 12.3. The van der Waals surface area contributed by atoms with Crippen LogP contribution in [-0.2, 0) is 6.54 Å². The van der Waals surface area contributed by atoms with Crippen LogP contribution in [0.25, 0.3) is 0 Å². The monoisotopic (exact) mass is 281 g/mol. The molecule has 0 aliphatic rings. The number of rotatable bonds is 4. The van der Waals surface area contributed by atoms with Gasteiger partial charge in [0.05, 0.1) is 31.0 Å². The van der Waals surface area contributed by atoms with Crippen LogP contribution < -0.4 is 10.1 Å². The Morgan fingerprint density at radius 2 is 2.00 bits per heavy atom. The third kappa shape index (κ3) is 3.14. The Morgan fingerprint density at radius 3 is 2.67 bits per heavy atom. The predicted octanol–water partition coefficient (Wildman–Crippen LogP) is 3.50. The van der Waals surface area contributed by atoms with Crippen LogP contribution in [0.5, 0.6) is 5.75 Å². The van der Waals surface area contributed by atoms with Crippen LogP contribution in [0, 0.1) is 32.1 Å². The van der Waals surface area contributed by atoms with Gasteiger partial charge in [-0.1, -0.05) is 6.07 Å². The fraction of sp³-hybridized carbons (Fsp3) is 0.294. The van der Waals surface area contributed by atoms with Gasteiger partial charge in [-0.05, 0) is 38.5 Å². The lowest BCUT2D eigenvalue weighted by molar-refractivity contribution is 0.407. The van der Waals surface area contributed by atoms with E-state index < -0.39 is 0 Å². The van der Waals surface area contributed by atoms with Crippen molar-refractivity contribution in [3.8, 4) is 11.8 Å². The number of nitrogens with zero attached hydrogens (tertiary/aromatic N) is 2. The number of hydrogen-bond acceptors (Lipinski definition) is 4. The van der Waals surface area contributed by atoms with Gasteiger partial charge in [0.15, 0.2) is 0 Å². The summed E-state index contributed by atoms with van der Waals surface area (Å²) < 4.78 is 5.42. The summed E-state index contributed by atoms with van der Waals surface area (Å²) in [4.78, 5) is 4.47. The van der Waals surface area contributed by atoms with Gasteiger partial charge in [-0.2, -0.15) is 5.26 Å². The van der Waals surface area contributed by atoms with Crippen molar-refractivity contribution in [1.82, 2.24) is 4.98 Å². The summed E-state index contributed by atoms with van der Waals surface area (Å²) in [6.45, 7) is 6.60. The lowest BCUT2D eigenvalue weighted by atomic mass is 10.1. The number of nitriles is 1. The largest absolute Gasteiger partial charge is 0.496 e. The van der Waals surface area contributed by atoms with E-state index in [2.05, 4.69) is 16.4 Å². The van der Waals surface area contributed by atoms with Gasteiger partial charge in [-0.25, -0.2) is 0 Å². The number of pyridine rings is 1. The minimum atomic E-state index is 0.595. The van der Waals surface area contributed by atoms with Crippen LogP contribution in [-0.4, -0.2) is 12.1 Å². The molecule has 4 nitrogen and oxygen atoms in total. The summed E-state index contributed by atoms with van der Waals surface area (Å²) in [7, 11) is 1.67. The van der Waals surface area contributed by atoms with Crippen LogP contribution in [0.2, 0.25) is 0 Å². The van der Waals surface area contributed by atoms with E-state index in [1.165, 1.54) is 0 Å². The quantitative estimate of drug-likeness (QED) is 0.931. The first-order chi connectivity index (χ1) is 10.1. The fourth-order valence-corrected chi connectivity index (χ4v) is 2.31. The number of benzene rings is 1. The van der Waals surface area contributed by atoms with Crippen LogP contribution in [0.3, 0.4) is 0 Å². The number of nitrogens with one attached hydrogen (secondary N) is 1. The number of ether oxygens (including phenoxy) is 1. The molecular formula is C17H19N3O. The maximum Gasteiger partial charge on any atom is 0.128 e. The minimum absolute atomic E-state index is 0.595. The Morgan fingerprint density at radius 1 is 1.24 bits per heavy atom. The molecule has 1 heterocycles. The fourth-order valence-electron chi connectivity index (χ4n) is 2.31. The van der Waals surface area contributed by atoms with E-state index in [1.54, 1.807) is 7.11 Å². The Hall–Kier alpha value is -2.54. The van der Waals surface area contributed by atoms with Gasteiger partial charge in [0.25, 0.3) is 0 Å². The zero-order chi connectivity index (χ0) is 15.4. The number of aryl methyl sites for hydroxylation is 2. The van der Waals surface area contributed by atoms with Gasteiger partial charge < -0.3 is 10.1 Å². The van der Waals surface area contributed by atoms with Crippen molar-refractivity contribution in [3.63, 3.8) is 0 Å². The van der Waals surface area contributed by atoms with E-state index in [-0.39, 0.29) is 0 Å². The molecule has 2 rings (SSSR count). The molecule has 0 radical (unpaired) electrons. The van der Waals surface area contributed by atoms with E-state index in [9.17, 15) is 0 Å². The van der Waals surface area contributed by atoms with Crippen molar-refractivity contribution in [2.45, 2.75) is 27.3 Å². The third-order valence-corrected chi connectivity index (χ3v) is 3.56. The SMILES string of the molecule is COc1c(C)cnc(CNc2cc(C#N)ccc2C)c1C. The molecule has 0 fully saturated rings. The normalized spacial score (nSPS) is 10.0. The van der Waals surface area contributed by atoms with Crippen molar-refractivity contribution in [2.24, 2.45) is 0 Å². The molecule has 108 valence electrons. The van der Waals surface area contributed by atoms with Crippen molar-refractivity contribution in [1.29, 1.82) is 5.26 Å². The summed E-state index contributed by atoms with van der Waals surface area (Å²) in [5.74, 6) is 0.879. The standard InChI is InChI=1S/C17H19N3O/c1-11-5-6-14(8-18)7-15(11)20-10-16-13(3)17(21-4)12(2)9-19-16/h5-7,9,20H,10H2,1-4H3. The Kier molecular flexibility index (Phi) is 4.44. The van der Waals surface area contributed by atoms with Gasteiger partial charge in [0.1, 0.15) is 5.75 Å². The van der Waals surface area contributed by atoms with Crippen molar-refractivity contribution >= 4 is 5.69 Å². The summed E-state index contributed by atoms with van der Waals surface area (Å²) in [6, 6.07) is 7.77. The zero-order valence-corrected chi connectivity index (χ0v) is 12.8. The van der Waals surface area contributed by atoms with E-state index in [0.29, 0.717) is 12.1 Å². The molecular weight excluding hydrogens is 262 g/mol. The molecule has 0 amide bonds. The smallest absolute Gasteiger partial charge is 0.128 e. The number of methoxy groups -OCH3 is 1. The van der Waals surface area contributed by atoms with Crippen molar-refractivity contribution in [3.05, 3.63) is 52.3 Å². The first-order valence-corrected chi connectivity index (χ1v) is 6.80. The molecule has 0 aliphatic heterocycles. The second-order valence-corrected chi connectivity index (χ2v) is 5.04. The Labute approximate surface area is 125 Å². The molecule has 0 saturated heterocycles. The minimum Gasteiger partial charge on any atom is -0.496 e. The van der Waals surface area contributed by atoms with Crippen molar-refractivity contribution in [2.75, 3.05) is 12.4 Å². The lowest BCUT2D eigenvalue weighted by Crippen LogP contribution is -2.07. The molecule has 0 bridgehead atoms. The van der Waals surface area contributed by atoms with E-state index in [0.717, 1.165) is 33.8 Å². The molecule has 1 aromatic carbocycles. The molecule has 0 saturated carbocycles. The molecule has 2 aromatic rings. The predicted molar refractivity (Wildman–Crippen MR) is 83.5 cm³/mol. The lowest BCUT2D eigenvalue weighted by Gasteiger charge is -2.14. The molecule has 1 N–H and O–H groups in total. The van der Waals surface area contributed by atoms with Gasteiger partial charge >= 0.3 is 0 Å². The third-order valence-electron chi connectivity index (χ3n) is 3.56. The molecule has 0 spiro atoms. The molecule has 21 heavy (non-hydrogen) atoms. The zero-order valence-electron chi connectivity index (χ0n) is 12.8. The first-order valence-electron chi connectivity index (χ1n) is 6.80. The summed E-state index contributed by atoms with van der Waals surface area (Å²) in [5.41, 5.74) is 5.72. The second-order valence-electron chi connectivity index (χ2n) is 5.04. The summed E-state index contributed by atoms with van der Waals surface area (Å²) in [6.07, 6.45) is 1.82. The van der Waals surface area contributed by atoms with Crippen LogP contribution in [0.15, 0.2) is 24.4 Å². The maximum atomic E-state index is 8.97. The van der Waals surface area contributed by atoms with Gasteiger partial charge in [0.2, 0.25) is 0 Å². The molecule has 0 aliphatic carbocycles.